The molecule has 0 radical (unpaired) electrons. The topological polar surface area (TPSA) is 64.4 Å². The van der Waals surface area contributed by atoms with Crippen LogP contribution < -0.4 is 11.1 Å². The molecule has 18 heavy (non-hydrogen) atoms. The van der Waals surface area contributed by atoms with Gasteiger partial charge in [-0.05, 0) is 50.9 Å². The minimum absolute atomic E-state index is 0.0487. The van der Waals surface area contributed by atoms with Crippen LogP contribution in [0.4, 0.5) is 0 Å². The van der Waals surface area contributed by atoms with Gasteiger partial charge in [0.15, 0.2) is 0 Å². The van der Waals surface area contributed by atoms with E-state index in [1.807, 2.05) is 6.92 Å². The van der Waals surface area contributed by atoms with Crippen LogP contribution in [-0.2, 0) is 9.53 Å². The van der Waals surface area contributed by atoms with E-state index in [1.165, 1.54) is 12.8 Å². The van der Waals surface area contributed by atoms with Crippen LogP contribution in [0.2, 0.25) is 0 Å². The van der Waals surface area contributed by atoms with Crippen molar-refractivity contribution in [3.63, 3.8) is 0 Å². The zero-order valence-electron chi connectivity index (χ0n) is 11.1. The highest BCUT2D eigenvalue weighted by Gasteiger charge is 2.49. The fourth-order valence-corrected chi connectivity index (χ4v) is 4.14. The first-order valence-electron chi connectivity index (χ1n) is 7.34. The summed E-state index contributed by atoms with van der Waals surface area (Å²) in [5, 5.41) is 3.14. The standard InChI is InChI=1S/C14H24N2O2/c1-8(11-3-2-6-18-11)16-14(17)12-9-4-5-10(7-9)13(12)15/h8-13H,2-7,15H2,1H3,(H,16,17). The summed E-state index contributed by atoms with van der Waals surface area (Å²) < 4.78 is 5.62. The molecule has 0 spiro atoms. The number of rotatable bonds is 3. The van der Waals surface area contributed by atoms with E-state index in [9.17, 15) is 4.79 Å². The summed E-state index contributed by atoms with van der Waals surface area (Å²) >= 11 is 0. The number of nitrogens with one attached hydrogen (secondary N) is 1. The van der Waals surface area contributed by atoms with Gasteiger partial charge in [-0.3, -0.25) is 4.79 Å². The molecule has 2 aliphatic carbocycles. The Labute approximate surface area is 109 Å². The lowest BCUT2D eigenvalue weighted by Gasteiger charge is -2.29. The molecule has 0 aromatic heterocycles. The molecule has 3 fully saturated rings. The molecule has 3 rings (SSSR count). The quantitative estimate of drug-likeness (QED) is 0.789. The summed E-state index contributed by atoms with van der Waals surface area (Å²) in [6, 6.07) is 0.201. The number of hydrogen-bond donors (Lipinski definition) is 2. The number of carbonyl (C=O) groups excluding carboxylic acids is 1. The number of carbonyl (C=O) groups is 1. The molecule has 2 bridgehead atoms. The number of ether oxygens (including phenoxy) is 1. The van der Waals surface area contributed by atoms with Crippen LogP contribution in [-0.4, -0.2) is 30.7 Å². The van der Waals surface area contributed by atoms with Crippen molar-refractivity contribution in [1.82, 2.24) is 5.32 Å². The Morgan fingerprint density at radius 3 is 2.72 bits per heavy atom. The molecule has 2 saturated carbocycles. The molecule has 0 aromatic carbocycles. The van der Waals surface area contributed by atoms with Crippen LogP contribution in [0.1, 0.15) is 39.0 Å². The van der Waals surface area contributed by atoms with Gasteiger partial charge in [0.05, 0.1) is 18.1 Å². The predicted molar refractivity (Wildman–Crippen MR) is 68.9 cm³/mol. The van der Waals surface area contributed by atoms with E-state index in [1.54, 1.807) is 0 Å². The lowest BCUT2D eigenvalue weighted by atomic mass is 9.84. The van der Waals surface area contributed by atoms with Gasteiger partial charge < -0.3 is 15.8 Å². The number of nitrogens with two attached hydrogens (primary N) is 1. The van der Waals surface area contributed by atoms with E-state index >= 15 is 0 Å². The third-order valence-corrected chi connectivity index (χ3v) is 5.18. The molecule has 3 N–H and O–H groups in total. The molecule has 1 amide bonds. The SMILES string of the molecule is CC(NC(=O)C1C2CCC(C2)C1N)C1CCCO1. The molecule has 4 heteroatoms. The van der Waals surface area contributed by atoms with E-state index in [4.69, 9.17) is 10.5 Å². The second-order valence-electron chi connectivity index (χ2n) is 6.29. The van der Waals surface area contributed by atoms with Crippen molar-refractivity contribution in [3.05, 3.63) is 0 Å². The first kappa shape index (κ1) is 12.4. The van der Waals surface area contributed by atoms with Crippen molar-refractivity contribution >= 4 is 5.91 Å². The maximum atomic E-state index is 12.4. The van der Waals surface area contributed by atoms with Gasteiger partial charge in [0, 0.05) is 12.6 Å². The summed E-state index contributed by atoms with van der Waals surface area (Å²) in [7, 11) is 0. The van der Waals surface area contributed by atoms with Crippen LogP contribution in [0.25, 0.3) is 0 Å². The summed E-state index contributed by atoms with van der Waals surface area (Å²) in [6.07, 6.45) is 5.93. The lowest BCUT2D eigenvalue weighted by Crippen LogP contribution is -2.50. The Morgan fingerprint density at radius 1 is 1.33 bits per heavy atom. The second-order valence-corrected chi connectivity index (χ2v) is 6.29. The van der Waals surface area contributed by atoms with Crippen molar-refractivity contribution in [2.75, 3.05) is 6.61 Å². The first-order valence-corrected chi connectivity index (χ1v) is 7.34. The summed E-state index contributed by atoms with van der Waals surface area (Å²) in [4.78, 5) is 12.4. The van der Waals surface area contributed by atoms with Crippen LogP contribution >= 0.6 is 0 Å². The van der Waals surface area contributed by atoms with Crippen LogP contribution in [0, 0.1) is 17.8 Å². The van der Waals surface area contributed by atoms with E-state index in [2.05, 4.69) is 5.32 Å². The van der Waals surface area contributed by atoms with E-state index in [0.717, 1.165) is 25.9 Å². The van der Waals surface area contributed by atoms with Crippen LogP contribution in [0.15, 0.2) is 0 Å². The maximum absolute atomic E-state index is 12.4. The van der Waals surface area contributed by atoms with Gasteiger partial charge >= 0.3 is 0 Å². The third kappa shape index (κ3) is 2.05. The van der Waals surface area contributed by atoms with Crippen molar-refractivity contribution < 1.29 is 9.53 Å². The van der Waals surface area contributed by atoms with E-state index in [-0.39, 0.29) is 30.0 Å². The number of hydrogen-bond acceptors (Lipinski definition) is 3. The molecule has 1 aliphatic heterocycles. The summed E-state index contributed by atoms with van der Waals surface area (Å²) in [5.74, 6) is 1.33. The van der Waals surface area contributed by atoms with Crippen molar-refractivity contribution in [2.45, 2.75) is 57.2 Å². The normalized spacial score (nSPS) is 44.2. The average molecular weight is 252 g/mol. The number of fused-ring (bicyclic) bond motifs is 2. The molecule has 4 nitrogen and oxygen atoms in total. The van der Waals surface area contributed by atoms with Gasteiger partial charge in [-0.25, -0.2) is 0 Å². The molecular weight excluding hydrogens is 228 g/mol. The fourth-order valence-electron chi connectivity index (χ4n) is 4.14. The minimum Gasteiger partial charge on any atom is -0.376 e. The highest BCUT2D eigenvalue weighted by Crippen LogP contribution is 2.47. The Hall–Kier alpha value is -0.610. The Morgan fingerprint density at radius 2 is 2.11 bits per heavy atom. The zero-order chi connectivity index (χ0) is 12.7. The summed E-state index contributed by atoms with van der Waals surface area (Å²) in [6.45, 7) is 2.88. The van der Waals surface area contributed by atoms with Crippen molar-refractivity contribution in [1.29, 1.82) is 0 Å². The highest BCUT2D eigenvalue weighted by atomic mass is 16.5. The Bertz CT molecular complexity index is 326. The predicted octanol–water partition coefficient (Wildman–Crippen LogP) is 1.04. The van der Waals surface area contributed by atoms with Gasteiger partial charge in [-0.1, -0.05) is 0 Å². The van der Waals surface area contributed by atoms with Crippen molar-refractivity contribution in [3.8, 4) is 0 Å². The molecule has 102 valence electrons. The van der Waals surface area contributed by atoms with Gasteiger partial charge in [-0.15, -0.1) is 0 Å². The lowest BCUT2D eigenvalue weighted by molar-refractivity contribution is -0.128. The zero-order valence-corrected chi connectivity index (χ0v) is 11.1. The molecule has 1 saturated heterocycles. The van der Waals surface area contributed by atoms with Crippen LogP contribution in [0.5, 0.6) is 0 Å². The molecule has 1 heterocycles. The maximum Gasteiger partial charge on any atom is 0.225 e. The summed E-state index contributed by atoms with van der Waals surface area (Å²) in [5.41, 5.74) is 6.20. The van der Waals surface area contributed by atoms with Crippen molar-refractivity contribution in [2.24, 2.45) is 23.5 Å². The average Bonchev–Trinajstić information content (AvgIpc) is 3.05. The fraction of sp³-hybridized carbons (Fsp3) is 0.929. The third-order valence-electron chi connectivity index (χ3n) is 5.18. The molecule has 6 unspecified atom stereocenters. The molecule has 0 aromatic rings. The smallest absolute Gasteiger partial charge is 0.225 e. The van der Waals surface area contributed by atoms with Gasteiger partial charge in [-0.2, -0.15) is 0 Å². The van der Waals surface area contributed by atoms with Crippen LogP contribution in [0.3, 0.4) is 0 Å². The first-order chi connectivity index (χ1) is 8.66. The molecule has 6 atom stereocenters. The molecular formula is C14H24N2O2. The van der Waals surface area contributed by atoms with E-state index < -0.39 is 0 Å². The Kier molecular flexibility index (Phi) is 3.32. The van der Waals surface area contributed by atoms with E-state index in [0.29, 0.717) is 11.8 Å². The highest BCUT2D eigenvalue weighted by molar-refractivity contribution is 5.80. The largest absolute Gasteiger partial charge is 0.376 e. The van der Waals surface area contributed by atoms with Gasteiger partial charge in [0.25, 0.3) is 0 Å². The Balaban J connectivity index is 1.58. The van der Waals surface area contributed by atoms with Gasteiger partial charge in [0.1, 0.15) is 0 Å². The molecule has 3 aliphatic rings. The minimum atomic E-state index is 0.0487. The second kappa shape index (κ2) is 4.82. The monoisotopic (exact) mass is 252 g/mol. The number of amides is 1. The van der Waals surface area contributed by atoms with Gasteiger partial charge in [0.2, 0.25) is 5.91 Å².